The minimum atomic E-state index is -4.29. The van der Waals surface area contributed by atoms with Crippen LogP contribution in [0.3, 0.4) is 0 Å². The second-order valence-corrected chi connectivity index (χ2v) is 5.67. The fourth-order valence-electron chi connectivity index (χ4n) is 2.90. The van der Waals surface area contributed by atoms with Crippen LogP contribution >= 0.6 is 0 Å². The van der Waals surface area contributed by atoms with Gasteiger partial charge in [0, 0.05) is 25.1 Å². The van der Waals surface area contributed by atoms with Crippen molar-refractivity contribution in [2.45, 2.75) is 44.8 Å². The van der Waals surface area contributed by atoms with Gasteiger partial charge in [-0.3, -0.25) is 0 Å². The fraction of sp³-hybridized carbons (Fsp3) is 0.438. The Hall–Kier alpha value is -1.78. The van der Waals surface area contributed by atoms with Gasteiger partial charge >= 0.3 is 6.18 Å². The average molecular weight is 294 g/mol. The minimum Gasteiger partial charge on any atom is -0.332 e. The first-order valence-electron chi connectivity index (χ1n) is 7.16. The Morgan fingerprint density at radius 1 is 1.33 bits per heavy atom. The Morgan fingerprint density at radius 2 is 2.14 bits per heavy atom. The van der Waals surface area contributed by atoms with Crippen LogP contribution in [-0.2, 0) is 19.0 Å². The molecule has 21 heavy (non-hydrogen) atoms. The largest absolute Gasteiger partial charge is 0.416 e. The molecule has 1 atom stereocenters. The van der Waals surface area contributed by atoms with Gasteiger partial charge in [-0.05, 0) is 31.4 Å². The summed E-state index contributed by atoms with van der Waals surface area (Å²) in [6.07, 6.45) is 1.34. The highest BCUT2D eigenvalue weighted by Crippen LogP contribution is 2.30. The third-order valence-electron chi connectivity index (χ3n) is 4.00. The maximum absolute atomic E-state index is 12.7. The van der Waals surface area contributed by atoms with Crippen molar-refractivity contribution in [3.63, 3.8) is 0 Å². The number of aromatic nitrogens is 2. The summed E-state index contributed by atoms with van der Waals surface area (Å²) in [6.45, 7) is 2.15. The molecule has 0 saturated carbocycles. The van der Waals surface area contributed by atoms with Crippen molar-refractivity contribution < 1.29 is 13.2 Å². The van der Waals surface area contributed by atoms with E-state index in [4.69, 9.17) is 0 Å². The number of benzene rings is 1. The van der Waals surface area contributed by atoms with E-state index in [0.29, 0.717) is 18.0 Å². The molecule has 2 nitrogen and oxygen atoms in total. The summed E-state index contributed by atoms with van der Waals surface area (Å²) >= 11 is 0. The molecule has 3 rings (SSSR count). The van der Waals surface area contributed by atoms with Crippen LogP contribution in [0, 0.1) is 0 Å². The highest BCUT2D eigenvalue weighted by Gasteiger charge is 2.30. The van der Waals surface area contributed by atoms with E-state index < -0.39 is 11.7 Å². The molecule has 0 spiro atoms. The highest BCUT2D eigenvalue weighted by atomic mass is 19.4. The van der Waals surface area contributed by atoms with Gasteiger partial charge in [-0.25, -0.2) is 4.98 Å². The number of hydrogen-bond acceptors (Lipinski definition) is 1. The molecule has 2 aromatic rings. The molecule has 0 fully saturated rings. The smallest absolute Gasteiger partial charge is 0.332 e. The molecule has 2 heterocycles. The summed E-state index contributed by atoms with van der Waals surface area (Å²) in [5.74, 6) is 1.05. The quantitative estimate of drug-likeness (QED) is 0.803. The first-order chi connectivity index (χ1) is 9.93. The van der Waals surface area contributed by atoms with E-state index in [-0.39, 0.29) is 0 Å². The van der Waals surface area contributed by atoms with E-state index in [1.165, 1.54) is 12.1 Å². The molecule has 0 saturated heterocycles. The monoisotopic (exact) mass is 294 g/mol. The van der Waals surface area contributed by atoms with E-state index in [9.17, 15) is 13.2 Å². The number of nitrogens with zero attached hydrogens (tertiary/aromatic N) is 2. The van der Waals surface area contributed by atoms with Crippen LogP contribution in [0.4, 0.5) is 13.2 Å². The van der Waals surface area contributed by atoms with Crippen molar-refractivity contribution in [1.29, 1.82) is 0 Å². The minimum absolute atomic E-state index is 0.427. The van der Waals surface area contributed by atoms with Crippen molar-refractivity contribution in [2.75, 3.05) is 0 Å². The summed E-state index contributed by atoms with van der Waals surface area (Å²) in [4.78, 5) is 4.57. The molecule has 112 valence electrons. The standard InChI is InChI=1S/C16H17F3N2/c1-11-4-2-7-15-20-14(10-21(11)15)9-12-5-3-6-13(8-12)16(17,18)19/h3,5-6,8,10-11H,2,4,7,9H2,1H3. The van der Waals surface area contributed by atoms with Gasteiger partial charge in [0.15, 0.2) is 0 Å². The van der Waals surface area contributed by atoms with E-state index in [0.717, 1.165) is 36.8 Å². The van der Waals surface area contributed by atoms with Gasteiger partial charge in [0.2, 0.25) is 0 Å². The molecule has 0 amide bonds. The summed E-state index contributed by atoms with van der Waals surface area (Å²) < 4.78 is 40.3. The van der Waals surface area contributed by atoms with Crippen LogP contribution in [-0.4, -0.2) is 9.55 Å². The number of rotatable bonds is 2. The van der Waals surface area contributed by atoms with E-state index >= 15 is 0 Å². The van der Waals surface area contributed by atoms with Gasteiger partial charge in [0.25, 0.3) is 0 Å². The molecule has 0 N–H and O–H groups in total. The molecule has 1 aliphatic heterocycles. The fourth-order valence-corrected chi connectivity index (χ4v) is 2.90. The molecule has 0 bridgehead atoms. The second kappa shape index (κ2) is 5.20. The number of imidazole rings is 1. The predicted octanol–water partition coefficient (Wildman–Crippen LogP) is 4.39. The first-order valence-corrected chi connectivity index (χ1v) is 7.16. The Kier molecular flexibility index (Phi) is 3.51. The zero-order valence-electron chi connectivity index (χ0n) is 11.8. The van der Waals surface area contributed by atoms with Gasteiger partial charge in [0.1, 0.15) is 5.82 Å². The van der Waals surface area contributed by atoms with Gasteiger partial charge in [-0.1, -0.05) is 18.2 Å². The van der Waals surface area contributed by atoms with Gasteiger partial charge in [-0.15, -0.1) is 0 Å². The summed E-state index contributed by atoms with van der Waals surface area (Å²) in [5, 5.41) is 0. The Labute approximate surface area is 121 Å². The predicted molar refractivity (Wildman–Crippen MR) is 74.1 cm³/mol. The molecular weight excluding hydrogens is 277 g/mol. The second-order valence-electron chi connectivity index (χ2n) is 5.67. The molecular formula is C16H17F3N2. The average Bonchev–Trinajstić information content (AvgIpc) is 2.82. The third-order valence-corrected chi connectivity index (χ3v) is 4.00. The Bertz CT molecular complexity index is 643. The molecule has 1 aliphatic rings. The molecule has 5 heteroatoms. The molecule has 1 unspecified atom stereocenters. The lowest BCUT2D eigenvalue weighted by Gasteiger charge is -2.20. The van der Waals surface area contributed by atoms with E-state index in [1.54, 1.807) is 6.07 Å². The van der Waals surface area contributed by atoms with Crippen molar-refractivity contribution in [3.8, 4) is 0 Å². The molecule has 1 aromatic heterocycles. The number of fused-ring (bicyclic) bond motifs is 1. The normalized spacial score (nSPS) is 18.6. The van der Waals surface area contributed by atoms with Crippen LogP contribution in [0.25, 0.3) is 0 Å². The lowest BCUT2D eigenvalue weighted by molar-refractivity contribution is -0.137. The van der Waals surface area contributed by atoms with E-state index in [1.807, 2.05) is 6.20 Å². The van der Waals surface area contributed by atoms with Crippen LogP contribution in [0.1, 0.15) is 48.5 Å². The van der Waals surface area contributed by atoms with Gasteiger partial charge in [-0.2, -0.15) is 13.2 Å². The first kappa shape index (κ1) is 14.2. The third kappa shape index (κ3) is 2.96. The van der Waals surface area contributed by atoms with Gasteiger partial charge < -0.3 is 4.57 Å². The zero-order valence-corrected chi connectivity index (χ0v) is 11.8. The van der Waals surface area contributed by atoms with Crippen LogP contribution in [0.5, 0.6) is 0 Å². The Balaban J connectivity index is 1.84. The number of aryl methyl sites for hydroxylation is 1. The van der Waals surface area contributed by atoms with Gasteiger partial charge in [0.05, 0.1) is 11.3 Å². The maximum Gasteiger partial charge on any atom is 0.416 e. The summed E-state index contributed by atoms with van der Waals surface area (Å²) in [5.41, 5.74) is 0.892. The maximum atomic E-state index is 12.7. The lowest BCUT2D eigenvalue weighted by atomic mass is 10.1. The van der Waals surface area contributed by atoms with Crippen LogP contribution < -0.4 is 0 Å². The van der Waals surface area contributed by atoms with Crippen molar-refractivity contribution in [3.05, 3.63) is 53.1 Å². The van der Waals surface area contributed by atoms with Crippen LogP contribution in [0.2, 0.25) is 0 Å². The topological polar surface area (TPSA) is 17.8 Å². The number of alkyl halides is 3. The lowest BCUT2D eigenvalue weighted by Crippen LogP contribution is -2.14. The van der Waals surface area contributed by atoms with Crippen molar-refractivity contribution in [1.82, 2.24) is 9.55 Å². The number of halogens is 3. The zero-order chi connectivity index (χ0) is 15.0. The highest BCUT2D eigenvalue weighted by molar-refractivity contribution is 5.29. The summed E-state index contributed by atoms with van der Waals surface area (Å²) in [7, 11) is 0. The number of hydrogen-bond donors (Lipinski definition) is 0. The van der Waals surface area contributed by atoms with Crippen molar-refractivity contribution >= 4 is 0 Å². The SMILES string of the molecule is CC1CCCc2nc(Cc3cccc(C(F)(F)F)c3)cn21. The van der Waals surface area contributed by atoms with Crippen LogP contribution in [0.15, 0.2) is 30.5 Å². The molecule has 1 aromatic carbocycles. The van der Waals surface area contributed by atoms with E-state index in [2.05, 4.69) is 16.5 Å². The molecule has 0 aliphatic carbocycles. The Morgan fingerprint density at radius 3 is 2.86 bits per heavy atom. The summed E-state index contributed by atoms with van der Waals surface area (Å²) in [6, 6.07) is 5.91. The molecule has 0 radical (unpaired) electrons. The van der Waals surface area contributed by atoms with Crippen molar-refractivity contribution in [2.24, 2.45) is 0 Å².